The number of carbonyl (C=O) groups excluding carboxylic acids is 1. The molecule has 2 aliphatic rings. The molecule has 1 aromatic rings. The molecule has 0 bridgehead atoms. The number of nitrogens with zero attached hydrogens (tertiary/aromatic N) is 3. The van der Waals surface area contributed by atoms with Crippen LogP contribution in [0.25, 0.3) is 0 Å². The number of hydrogen-bond acceptors (Lipinski definition) is 5. The number of aromatic nitrogens is 1. The van der Waals surface area contributed by atoms with E-state index in [1.54, 1.807) is 6.07 Å². The zero-order valence-corrected chi connectivity index (χ0v) is 11.9. The van der Waals surface area contributed by atoms with Gasteiger partial charge in [-0.3, -0.25) is 4.79 Å². The van der Waals surface area contributed by atoms with Crippen LogP contribution in [0.3, 0.4) is 0 Å². The Hall–Kier alpha value is -1.56. The number of rotatable bonds is 2. The fourth-order valence-electron chi connectivity index (χ4n) is 2.67. The lowest BCUT2D eigenvalue weighted by Crippen LogP contribution is -2.38. The summed E-state index contributed by atoms with van der Waals surface area (Å²) < 4.78 is 10.6. The van der Waals surface area contributed by atoms with Crippen LogP contribution < -0.4 is 4.90 Å². The van der Waals surface area contributed by atoms with E-state index in [0.29, 0.717) is 30.7 Å². The van der Waals surface area contributed by atoms with Crippen molar-refractivity contribution in [2.75, 3.05) is 44.3 Å². The van der Waals surface area contributed by atoms with Gasteiger partial charge in [0.15, 0.2) is 5.69 Å². The van der Waals surface area contributed by atoms with Crippen LogP contribution in [-0.4, -0.2) is 55.4 Å². The highest BCUT2D eigenvalue weighted by molar-refractivity contribution is 5.92. The lowest BCUT2D eigenvalue weighted by molar-refractivity contribution is 0.0686. The number of piperidine rings is 1. The normalized spacial score (nSPS) is 21.2. The molecule has 110 valence electrons. The van der Waals surface area contributed by atoms with E-state index in [9.17, 15) is 4.79 Å². The van der Waals surface area contributed by atoms with Crippen LogP contribution in [0.2, 0.25) is 0 Å². The first-order valence-electron chi connectivity index (χ1n) is 7.33. The van der Waals surface area contributed by atoms with Crippen LogP contribution in [0.15, 0.2) is 10.6 Å². The molecule has 0 N–H and O–H groups in total. The van der Waals surface area contributed by atoms with Crippen molar-refractivity contribution in [2.24, 2.45) is 5.92 Å². The van der Waals surface area contributed by atoms with E-state index in [-0.39, 0.29) is 5.91 Å². The van der Waals surface area contributed by atoms with Gasteiger partial charge in [-0.2, -0.15) is 0 Å². The number of anilines is 1. The summed E-state index contributed by atoms with van der Waals surface area (Å²) in [6.07, 6.45) is 2.14. The van der Waals surface area contributed by atoms with Gasteiger partial charge in [-0.1, -0.05) is 12.1 Å². The van der Waals surface area contributed by atoms with Crippen LogP contribution >= 0.6 is 0 Å². The lowest BCUT2D eigenvalue weighted by Gasteiger charge is -2.29. The molecule has 6 heteroatoms. The predicted octanol–water partition coefficient (Wildman–Crippen LogP) is 1.38. The summed E-state index contributed by atoms with van der Waals surface area (Å²) in [6.45, 7) is 6.81. The third kappa shape index (κ3) is 2.80. The molecule has 0 aromatic carbocycles. The van der Waals surface area contributed by atoms with Crippen molar-refractivity contribution < 1.29 is 14.1 Å². The molecule has 2 saturated heterocycles. The molecule has 2 aliphatic heterocycles. The van der Waals surface area contributed by atoms with Crippen molar-refractivity contribution in [2.45, 2.75) is 19.8 Å². The third-order valence-corrected chi connectivity index (χ3v) is 4.11. The number of carbonyl (C=O) groups is 1. The second-order valence-electron chi connectivity index (χ2n) is 5.62. The van der Waals surface area contributed by atoms with E-state index in [0.717, 1.165) is 39.0 Å². The fraction of sp³-hybridized carbons (Fsp3) is 0.714. The van der Waals surface area contributed by atoms with E-state index in [1.807, 2.05) is 4.90 Å². The maximum atomic E-state index is 12.4. The summed E-state index contributed by atoms with van der Waals surface area (Å²) in [7, 11) is 0. The number of ether oxygens (including phenoxy) is 1. The second kappa shape index (κ2) is 5.83. The lowest BCUT2D eigenvalue weighted by atomic mass is 9.99. The fourth-order valence-corrected chi connectivity index (χ4v) is 2.67. The van der Waals surface area contributed by atoms with Gasteiger partial charge in [-0.05, 0) is 18.8 Å². The molecule has 0 unspecified atom stereocenters. The van der Waals surface area contributed by atoms with Gasteiger partial charge in [0.1, 0.15) is 0 Å². The first-order valence-corrected chi connectivity index (χ1v) is 7.33. The van der Waals surface area contributed by atoms with Crippen molar-refractivity contribution in [3.8, 4) is 0 Å². The average Bonchev–Trinajstić information content (AvgIpc) is 2.98. The molecule has 1 aromatic heterocycles. The Balaban J connectivity index is 1.65. The third-order valence-electron chi connectivity index (χ3n) is 4.11. The monoisotopic (exact) mass is 279 g/mol. The molecule has 3 rings (SSSR count). The summed E-state index contributed by atoms with van der Waals surface area (Å²) in [6, 6.07) is 1.76. The second-order valence-corrected chi connectivity index (χ2v) is 5.62. The topological polar surface area (TPSA) is 58.8 Å². The average molecular weight is 279 g/mol. The van der Waals surface area contributed by atoms with E-state index in [1.165, 1.54) is 0 Å². The van der Waals surface area contributed by atoms with Gasteiger partial charge < -0.3 is 19.1 Å². The van der Waals surface area contributed by atoms with Crippen LogP contribution in [0.5, 0.6) is 0 Å². The van der Waals surface area contributed by atoms with Crippen molar-refractivity contribution in [1.82, 2.24) is 10.1 Å². The molecule has 0 aliphatic carbocycles. The predicted molar refractivity (Wildman–Crippen MR) is 73.8 cm³/mol. The Labute approximate surface area is 118 Å². The van der Waals surface area contributed by atoms with Gasteiger partial charge in [0.25, 0.3) is 5.91 Å². The first-order chi connectivity index (χ1) is 9.74. The van der Waals surface area contributed by atoms with Gasteiger partial charge in [-0.25, -0.2) is 0 Å². The van der Waals surface area contributed by atoms with Crippen LogP contribution in [0, 0.1) is 5.92 Å². The largest absolute Gasteiger partial charge is 0.378 e. The Morgan fingerprint density at radius 2 is 1.95 bits per heavy atom. The SMILES string of the molecule is CC1CCN(C(=O)c2cc(N3CCOCC3)on2)CC1. The Morgan fingerprint density at radius 3 is 2.65 bits per heavy atom. The molecule has 6 nitrogen and oxygen atoms in total. The summed E-state index contributed by atoms with van der Waals surface area (Å²) in [5.41, 5.74) is 0.418. The molecule has 20 heavy (non-hydrogen) atoms. The summed E-state index contributed by atoms with van der Waals surface area (Å²) in [5.74, 6) is 1.36. The Kier molecular flexibility index (Phi) is 3.91. The number of likely N-dealkylation sites (tertiary alicyclic amines) is 1. The van der Waals surface area contributed by atoms with Crippen LogP contribution in [0.1, 0.15) is 30.3 Å². The quantitative estimate of drug-likeness (QED) is 0.818. The molecular formula is C14H21N3O3. The summed E-state index contributed by atoms with van der Waals surface area (Å²) in [5, 5.41) is 3.94. The maximum absolute atomic E-state index is 12.4. The summed E-state index contributed by atoms with van der Waals surface area (Å²) in [4.78, 5) is 16.3. The highest BCUT2D eigenvalue weighted by Gasteiger charge is 2.25. The molecule has 1 amide bonds. The highest BCUT2D eigenvalue weighted by atomic mass is 16.5. The minimum absolute atomic E-state index is 0.0137. The van der Waals surface area contributed by atoms with E-state index in [4.69, 9.17) is 9.26 Å². The minimum Gasteiger partial charge on any atom is -0.378 e. The molecular weight excluding hydrogens is 258 g/mol. The van der Waals surface area contributed by atoms with E-state index in [2.05, 4.69) is 17.0 Å². The van der Waals surface area contributed by atoms with E-state index < -0.39 is 0 Å². The van der Waals surface area contributed by atoms with Crippen molar-refractivity contribution in [3.05, 3.63) is 11.8 Å². The smallest absolute Gasteiger partial charge is 0.276 e. The number of morpholine rings is 1. The van der Waals surface area contributed by atoms with Gasteiger partial charge >= 0.3 is 0 Å². The zero-order chi connectivity index (χ0) is 13.9. The molecule has 0 atom stereocenters. The molecule has 2 fully saturated rings. The van der Waals surface area contributed by atoms with Gasteiger partial charge in [0.05, 0.1) is 13.2 Å². The molecule has 0 spiro atoms. The van der Waals surface area contributed by atoms with E-state index >= 15 is 0 Å². The first kappa shape index (κ1) is 13.4. The van der Waals surface area contributed by atoms with Crippen LogP contribution in [-0.2, 0) is 4.74 Å². The van der Waals surface area contributed by atoms with Gasteiger partial charge in [0, 0.05) is 32.2 Å². The molecule has 0 radical (unpaired) electrons. The maximum Gasteiger partial charge on any atom is 0.276 e. The number of hydrogen-bond donors (Lipinski definition) is 0. The Bertz CT molecular complexity index is 460. The zero-order valence-electron chi connectivity index (χ0n) is 11.9. The van der Waals surface area contributed by atoms with Gasteiger partial charge in [-0.15, -0.1) is 0 Å². The van der Waals surface area contributed by atoms with Crippen molar-refractivity contribution in [3.63, 3.8) is 0 Å². The van der Waals surface area contributed by atoms with Crippen molar-refractivity contribution in [1.29, 1.82) is 0 Å². The van der Waals surface area contributed by atoms with Gasteiger partial charge in [0.2, 0.25) is 5.88 Å². The minimum atomic E-state index is -0.0137. The number of amides is 1. The Morgan fingerprint density at radius 1 is 1.25 bits per heavy atom. The molecule has 0 saturated carbocycles. The molecule has 3 heterocycles. The van der Waals surface area contributed by atoms with Crippen molar-refractivity contribution >= 4 is 11.8 Å². The summed E-state index contributed by atoms with van der Waals surface area (Å²) >= 11 is 0. The highest BCUT2D eigenvalue weighted by Crippen LogP contribution is 2.21. The van der Waals surface area contributed by atoms with Crippen LogP contribution in [0.4, 0.5) is 5.88 Å². The standard InChI is InChI=1S/C14H21N3O3/c1-11-2-4-17(5-3-11)14(18)12-10-13(20-15-12)16-6-8-19-9-7-16/h10-11H,2-9H2,1H3.